The molecule has 0 aliphatic rings. The van der Waals surface area contributed by atoms with Crippen LogP contribution in [0.3, 0.4) is 0 Å². The van der Waals surface area contributed by atoms with Crippen LogP contribution in [0.4, 0.5) is 18.9 Å². The number of rotatable bonds is 5. The van der Waals surface area contributed by atoms with E-state index < -0.39 is 30.1 Å². The molecule has 0 bridgehead atoms. The molecule has 2 rings (SSSR count). The van der Waals surface area contributed by atoms with Gasteiger partial charge >= 0.3 is 12.3 Å². The second kappa shape index (κ2) is 7.65. The number of carbonyl (C=O) groups excluding carboxylic acids is 2. The van der Waals surface area contributed by atoms with Crippen molar-refractivity contribution in [1.29, 1.82) is 0 Å². The van der Waals surface area contributed by atoms with Gasteiger partial charge < -0.3 is 14.8 Å². The first-order valence-electron chi connectivity index (χ1n) is 7.02. The molecule has 0 unspecified atom stereocenters. The van der Waals surface area contributed by atoms with E-state index in [0.29, 0.717) is 0 Å². The quantitative estimate of drug-likeness (QED) is 0.835. The van der Waals surface area contributed by atoms with Crippen molar-refractivity contribution in [2.45, 2.75) is 19.4 Å². The number of carbonyl (C=O) groups is 2. The highest BCUT2D eigenvalue weighted by atomic mass is 19.4. The Hall–Kier alpha value is -3.10. The lowest BCUT2D eigenvalue weighted by Gasteiger charge is -2.14. The van der Waals surface area contributed by atoms with Crippen LogP contribution in [0, 0.1) is 0 Å². The monoisotopic (exact) mass is 354 g/mol. The Morgan fingerprint density at radius 2 is 1.84 bits per heavy atom. The summed E-state index contributed by atoms with van der Waals surface area (Å²) in [5.41, 5.74) is 0.416. The van der Waals surface area contributed by atoms with Gasteiger partial charge in [0.05, 0.1) is 5.56 Å². The molecule has 6 nitrogen and oxygen atoms in total. The van der Waals surface area contributed by atoms with Crippen molar-refractivity contribution in [1.82, 2.24) is 4.98 Å². The van der Waals surface area contributed by atoms with Crippen LogP contribution in [0.15, 0.2) is 48.8 Å². The number of pyridine rings is 1. The summed E-state index contributed by atoms with van der Waals surface area (Å²) < 4.78 is 44.9. The highest BCUT2D eigenvalue weighted by molar-refractivity contribution is 5.97. The van der Waals surface area contributed by atoms with E-state index in [1.807, 2.05) is 0 Å². The van der Waals surface area contributed by atoms with E-state index >= 15 is 0 Å². The van der Waals surface area contributed by atoms with Crippen LogP contribution in [0.1, 0.15) is 17.3 Å². The van der Waals surface area contributed by atoms with Crippen molar-refractivity contribution in [2.24, 2.45) is 0 Å². The lowest BCUT2D eigenvalue weighted by atomic mass is 10.2. The number of ether oxygens (including phenoxy) is 2. The number of anilines is 1. The van der Waals surface area contributed by atoms with Gasteiger partial charge in [0.25, 0.3) is 5.91 Å². The zero-order chi connectivity index (χ0) is 18.4. The predicted octanol–water partition coefficient (Wildman–Crippen LogP) is 3.16. The minimum atomic E-state index is -4.79. The van der Waals surface area contributed by atoms with Crippen LogP contribution in [0.2, 0.25) is 0 Å². The molecule has 0 fully saturated rings. The molecular weight excluding hydrogens is 341 g/mol. The fourth-order valence-electron chi connectivity index (χ4n) is 1.75. The average Bonchev–Trinajstić information content (AvgIpc) is 2.56. The molecule has 0 spiro atoms. The zero-order valence-corrected chi connectivity index (χ0v) is 12.9. The summed E-state index contributed by atoms with van der Waals surface area (Å²) in [5, 5.41) is 2.42. The Balaban J connectivity index is 1.91. The molecule has 0 aliphatic heterocycles. The van der Waals surface area contributed by atoms with Crippen molar-refractivity contribution in [2.75, 3.05) is 5.32 Å². The van der Waals surface area contributed by atoms with Gasteiger partial charge in [0, 0.05) is 18.1 Å². The van der Waals surface area contributed by atoms with Crippen molar-refractivity contribution in [3.8, 4) is 5.75 Å². The third kappa shape index (κ3) is 5.79. The normalized spacial score (nSPS) is 12.2. The first-order chi connectivity index (χ1) is 11.7. The average molecular weight is 354 g/mol. The van der Waals surface area contributed by atoms with Crippen LogP contribution >= 0.6 is 0 Å². The first kappa shape index (κ1) is 18.2. The number of hydrogen-bond donors (Lipinski definition) is 1. The molecule has 25 heavy (non-hydrogen) atoms. The Labute approximate surface area is 140 Å². The lowest BCUT2D eigenvalue weighted by Crippen LogP contribution is -2.30. The van der Waals surface area contributed by atoms with E-state index in [2.05, 4.69) is 15.0 Å². The fraction of sp³-hybridized carbons (Fsp3) is 0.188. The van der Waals surface area contributed by atoms with Gasteiger partial charge in [0.15, 0.2) is 6.10 Å². The van der Waals surface area contributed by atoms with E-state index in [0.717, 1.165) is 12.1 Å². The smallest absolute Gasteiger partial charge is 0.449 e. The summed E-state index contributed by atoms with van der Waals surface area (Å²) >= 11 is 0. The Morgan fingerprint density at radius 1 is 1.16 bits per heavy atom. The minimum absolute atomic E-state index is 0.191. The predicted molar refractivity (Wildman–Crippen MR) is 80.9 cm³/mol. The first-order valence-corrected chi connectivity index (χ1v) is 7.02. The van der Waals surface area contributed by atoms with Gasteiger partial charge in [0.2, 0.25) is 0 Å². The standard InChI is InChI=1S/C16H13F3N2O4/c1-10(24-15(23)11-3-2-8-20-9-11)14(22)21-12-4-6-13(7-5-12)25-16(17,18)19/h2-10H,1H3,(H,21,22)/t10-/m1/s1. The number of aromatic nitrogens is 1. The molecule has 132 valence electrons. The SMILES string of the molecule is C[C@@H](OC(=O)c1cccnc1)C(=O)Nc1ccc(OC(F)(F)F)cc1. The molecule has 9 heteroatoms. The van der Waals surface area contributed by atoms with Crippen molar-refractivity contribution >= 4 is 17.6 Å². The molecule has 1 aromatic carbocycles. The third-order valence-corrected chi connectivity index (χ3v) is 2.91. The Kier molecular flexibility index (Phi) is 5.58. The topological polar surface area (TPSA) is 77.5 Å². The van der Waals surface area contributed by atoms with Gasteiger partial charge in [-0.3, -0.25) is 9.78 Å². The second-order valence-corrected chi connectivity index (χ2v) is 4.85. The van der Waals surface area contributed by atoms with Gasteiger partial charge in [-0.2, -0.15) is 0 Å². The zero-order valence-electron chi connectivity index (χ0n) is 12.9. The van der Waals surface area contributed by atoms with E-state index in [-0.39, 0.29) is 11.3 Å². The maximum absolute atomic E-state index is 12.1. The molecule has 2 aromatic rings. The number of halogens is 3. The maximum atomic E-state index is 12.1. The van der Waals surface area contributed by atoms with Crippen LogP contribution in [0.5, 0.6) is 5.75 Å². The molecule has 0 aliphatic carbocycles. The molecule has 1 amide bonds. The highest BCUT2D eigenvalue weighted by Gasteiger charge is 2.31. The van der Waals surface area contributed by atoms with E-state index in [1.165, 1.54) is 37.5 Å². The van der Waals surface area contributed by atoms with Gasteiger partial charge in [-0.05, 0) is 43.3 Å². The van der Waals surface area contributed by atoms with Crippen molar-refractivity contribution in [3.63, 3.8) is 0 Å². The number of esters is 1. The molecule has 1 atom stereocenters. The summed E-state index contributed by atoms with van der Waals surface area (Å²) in [4.78, 5) is 27.6. The van der Waals surface area contributed by atoms with Crippen LogP contribution in [-0.4, -0.2) is 29.3 Å². The number of nitrogens with zero attached hydrogens (tertiary/aromatic N) is 1. The van der Waals surface area contributed by atoms with Crippen LogP contribution < -0.4 is 10.1 Å². The summed E-state index contributed by atoms with van der Waals surface area (Å²) in [6, 6.07) is 7.60. The Morgan fingerprint density at radius 3 is 2.40 bits per heavy atom. The summed E-state index contributed by atoms with van der Waals surface area (Å²) in [6.07, 6.45) is -3.12. The number of hydrogen-bond acceptors (Lipinski definition) is 5. The molecule has 1 aromatic heterocycles. The summed E-state index contributed by atoms with van der Waals surface area (Å²) in [5.74, 6) is -1.77. The van der Waals surface area contributed by atoms with Gasteiger partial charge in [-0.15, -0.1) is 13.2 Å². The molecular formula is C16H13F3N2O4. The number of nitrogens with one attached hydrogen (secondary N) is 1. The molecule has 0 radical (unpaired) electrons. The second-order valence-electron chi connectivity index (χ2n) is 4.85. The molecule has 1 N–H and O–H groups in total. The Bertz CT molecular complexity index is 733. The molecule has 1 heterocycles. The summed E-state index contributed by atoms with van der Waals surface area (Å²) in [7, 11) is 0. The van der Waals surface area contributed by atoms with E-state index in [1.54, 1.807) is 6.07 Å². The van der Waals surface area contributed by atoms with Crippen LogP contribution in [-0.2, 0) is 9.53 Å². The van der Waals surface area contributed by atoms with Gasteiger partial charge in [-0.1, -0.05) is 0 Å². The number of alkyl halides is 3. The minimum Gasteiger partial charge on any atom is -0.449 e. The third-order valence-electron chi connectivity index (χ3n) is 2.91. The van der Waals surface area contributed by atoms with Gasteiger partial charge in [0.1, 0.15) is 5.75 Å². The molecule has 0 saturated heterocycles. The number of benzene rings is 1. The summed E-state index contributed by atoms with van der Waals surface area (Å²) in [6.45, 7) is 1.37. The van der Waals surface area contributed by atoms with Crippen molar-refractivity contribution in [3.05, 3.63) is 54.4 Å². The highest BCUT2D eigenvalue weighted by Crippen LogP contribution is 2.24. The van der Waals surface area contributed by atoms with E-state index in [9.17, 15) is 22.8 Å². The number of amides is 1. The van der Waals surface area contributed by atoms with Crippen LogP contribution in [0.25, 0.3) is 0 Å². The molecule has 0 saturated carbocycles. The lowest BCUT2D eigenvalue weighted by molar-refractivity contribution is -0.274. The maximum Gasteiger partial charge on any atom is 0.573 e. The van der Waals surface area contributed by atoms with Gasteiger partial charge in [-0.25, -0.2) is 4.79 Å². The van der Waals surface area contributed by atoms with E-state index in [4.69, 9.17) is 4.74 Å². The largest absolute Gasteiger partial charge is 0.573 e. The van der Waals surface area contributed by atoms with Crippen molar-refractivity contribution < 1.29 is 32.2 Å². The fourth-order valence-corrected chi connectivity index (χ4v) is 1.75.